The molecule has 1 rings (SSSR count). The Morgan fingerprint density at radius 3 is 2.60 bits per heavy atom. The highest BCUT2D eigenvalue weighted by molar-refractivity contribution is 5.78. The van der Waals surface area contributed by atoms with E-state index in [0.29, 0.717) is 6.54 Å². The van der Waals surface area contributed by atoms with E-state index in [1.54, 1.807) is 0 Å². The number of hydrazine groups is 1. The Hall–Kier alpha value is -1.43. The second-order valence-corrected chi connectivity index (χ2v) is 4.87. The maximum Gasteiger partial charge on any atom is 0.238 e. The highest BCUT2D eigenvalue weighted by atomic mass is 16.3. The third-order valence-electron chi connectivity index (χ3n) is 3.27. The van der Waals surface area contributed by atoms with Crippen LogP contribution in [0.2, 0.25) is 0 Å². The molecule has 1 aromatic carbocycles. The van der Waals surface area contributed by atoms with Gasteiger partial charge in [0.1, 0.15) is 0 Å². The van der Waals surface area contributed by atoms with Gasteiger partial charge in [0.15, 0.2) is 0 Å². The Morgan fingerprint density at radius 1 is 1.30 bits per heavy atom. The summed E-state index contributed by atoms with van der Waals surface area (Å²) in [6, 6.07) is 7.86. The number of unbranched alkanes of at least 4 members (excludes halogenated alkanes) is 1. The predicted octanol–water partition coefficient (Wildman–Crippen LogP) is 0.813. The van der Waals surface area contributed by atoms with Gasteiger partial charge >= 0.3 is 0 Å². The van der Waals surface area contributed by atoms with Crippen LogP contribution >= 0.6 is 0 Å². The standard InChI is InChI=1S/C15H25N3O2/c1-2-3-8-18(9-10-19)12-14-7-5-4-6-13(14)11-15(20)17-16/h4-7,19H,2-3,8-12,16H2,1H3,(H,17,20). The van der Waals surface area contributed by atoms with Crippen molar-refractivity contribution in [2.75, 3.05) is 19.7 Å². The molecule has 112 valence electrons. The van der Waals surface area contributed by atoms with E-state index in [4.69, 9.17) is 10.9 Å². The first kappa shape index (κ1) is 16.6. The lowest BCUT2D eigenvalue weighted by Gasteiger charge is -2.22. The minimum absolute atomic E-state index is 0.148. The van der Waals surface area contributed by atoms with Gasteiger partial charge in [-0.15, -0.1) is 0 Å². The van der Waals surface area contributed by atoms with Gasteiger partial charge in [-0.2, -0.15) is 0 Å². The lowest BCUT2D eigenvalue weighted by molar-refractivity contribution is -0.120. The van der Waals surface area contributed by atoms with Crippen LogP contribution in [0, 0.1) is 0 Å². The largest absolute Gasteiger partial charge is 0.395 e. The van der Waals surface area contributed by atoms with Crippen molar-refractivity contribution in [3.63, 3.8) is 0 Å². The molecule has 0 aromatic heterocycles. The molecule has 0 unspecified atom stereocenters. The smallest absolute Gasteiger partial charge is 0.238 e. The molecule has 4 N–H and O–H groups in total. The molecule has 0 bridgehead atoms. The van der Waals surface area contributed by atoms with E-state index in [9.17, 15) is 4.79 Å². The molecule has 0 aliphatic rings. The first-order valence-corrected chi connectivity index (χ1v) is 7.10. The first-order valence-electron chi connectivity index (χ1n) is 7.10. The molecule has 0 saturated carbocycles. The highest BCUT2D eigenvalue weighted by Crippen LogP contribution is 2.13. The lowest BCUT2D eigenvalue weighted by Crippen LogP contribution is -2.32. The van der Waals surface area contributed by atoms with E-state index in [1.807, 2.05) is 24.3 Å². The van der Waals surface area contributed by atoms with Crippen LogP contribution in [0.3, 0.4) is 0 Å². The van der Waals surface area contributed by atoms with Crippen LogP contribution in [0.15, 0.2) is 24.3 Å². The number of nitrogens with two attached hydrogens (primary N) is 1. The minimum Gasteiger partial charge on any atom is -0.395 e. The highest BCUT2D eigenvalue weighted by Gasteiger charge is 2.10. The number of carbonyl (C=O) groups is 1. The molecule has 0 atom stereocenters. The van der Waals surface area contributed by atoms with Crippen molar-refractivity contribution < 1.29 is 9.90 Å². The van der Waals surface area contributed by atoms with Gasteiger partial charge < -0.3 is 5.11 Å². The number of aliphatic hydroxyl groups excluding tert-OH is 1. The Morgan fingerprint density at radius 2 is 2.00 bits per heavy atom. The molecular formula is C15H25N3O2. The van der Waals surface area contributed by atoms with Crippen LogP contribution in [0.4, 0.5) is 0 Å². The van der Waals surface area contributed by atoms with E-state index in [1.165, 1.54) is 0 Å². The van der Waals surface area contributed by atoms with Crippen LogP contribution in [0.1, 0.15) is 30.9 Å². The number of aliphatic hydroxyl groups is 1. The number of carbonyl (C=O) groups excluding carboxylic acids is 1. The van der Waals surface area contributed by atoms with Gasteiger partial charge in [0.05, 0.1) is 13.0 Å². The molecule has 5 heteroatoms. The average Bonchev–Trinajstić information content (AvgIpc) is 2.46. The zero-order valence-corrected chi connectivity index (χ0v) is 12.1. The third kappa shape index (κ3) is 5.69. The maximum absolute atomic E-state index is 11.4. The predicted molar refractivity (Wildman–Crippen MR) is 79.7 cm³/mol. The molecule has 1 aromatic rings. The van der Waals surface area contributed by atoms with Crippen LogP contribution in [-0.4, -0.2) is 35.6 Å². The van der Waals surface area contributed by atoms with Gasteiger partial charge in [-0.1, -0.05) is 37.6 Å². The van der Waals surface area contributed by atoms with E-state index in [2.05, 4.69) is 17.2 Å². The number of benzene rings is 1. The normalized spacial score (nSPS) is 10.8. The molecular weight excluding hydrogens is 254 g/mol. The molecule has 0 spiro atoms. The van der Waals surface area contributed by atoms with E-state index in [-0.39, 0.29) is 18.9 Å². The van der Waals surface area contributed by atoms with Gasteiger partial charge in [-0.25, -0.2) is 5.84 Å². The number of hydrogen-bond donors (Lipinski definition) is 3. The Bertz CT molecular complexity index is 410. The van der Waals surface area contributed by atoms with Gasteiger partial charge in [-0.05, 0) is 24.1 Å². The number of nitrogens with one attached hydrogen (secondary N) is 1. The monoisotopic (exact) mass is 279 g/mol. The Kier molecular flexibility index (Phi) is 7.87. The number of nitrogens with zero attached hydrogens (tertiary/aromatic N) is 1. The van der Waals surface area contributed by atoms with Gasteiger partial charge in [-0.3, -0.25) is 15.1 Å². The van der Waals surface area contributed by atoms with Crippen LogP contribution in [0.5, 0.6) is 0 Å². The fourth-order valence-corrected chi connectivity index (χ4v) is 2.14. The summed E-state index contributed by atoms with van der Waals surface area (Å²) < 4.78 is 0. The SMILES string of the molecule is CCCCN(CCO)Cc1ccccc1CC(=O)NN. The second kappa shape index (κ2) is 9.47. The zero-order chi connectivity index (χ0) is 14.8. The fraction of sp³-hybridized carbons (Fsp3) is 0.533. The van der Waals surface area contributed by atoms with Crippen molar-refractivity contribution in [3.8, 4) is 0 Å². The summed E-state index contributed by atoms with van der Waals surface area (Å²) in [6.07, 6.45) is 2.51. The quantitative estimate of drug-likeness (QED) is 0.355. The number of amides is 1. The molecule has 1 amide bonds. The van der Waals surface area contributed by atoms with Crippen molar-refractivity contribution in [2.24, 2.45) is 5.84 Å². The van der Waals surface area contributed by atoms with Gasteiger partial charge in [0.2, 0.25) is 5.91 Å². The third-order valence-corrected chi connectivity index (χ3v) is 3.27. The summed E-state index contributed by atoms with van der Waals surface area (Å²) in [5.74, 6) is 4.95. The first-order chi connectivity index (χ1) is 9.71. The average molecular weight is 279 g/mol. The number of hydrogen-bond acceptors (Lipinski definition) is 4. The minimum atomic E-state index is -0.195. The van der Waals surface area contributed by atoms with E-state index < -0.39 is 0 Å². The second-order valence-electron chi connectivity index (χ2n) is 4.87. The molecule has 0 heterocycles. The Balaban J connectivity index is 2.75. The topological polar surface area (TPSA) is 78.6 Å². The zero-order valence-electron chi connectivity index (χ0n) is 12.1. The van der Waals surface area contributed by atoms with E-state index >= 15 is 0 Å². The Labute approximate surface area is 120 Å². The van der Waals surface area contributed by atoms with E-state index in [0.717, 1.165) is 37.1 Å². The van der Waals surface area contributed by atoms with Gasteiger partial charge in [0, 0.05) is 13.1 Å². The van der Waals surface area contributed by atoms with Crippen LogP contribution < -0.4 is 11.3 Å². The molecule has 0 aliphatic carbocycles. The van der Waals surface area contributed by atoms with Crippen molar-refractivity contribution >= 4 is 5.91 Å². The molecule has 0 saturated heterocycles. The lowest BCUT2D eigenvalue weighted by atomic mass is 10.0. The summed E-state index contributed by atoms with van der Waals surface area (Å²) >= 11 is 0. The fourth-order valence-electron chi connectivity index (χ4n) is 2.14. The molecule has 20 heavy (non-hydrogen) atoms. The summed E-state index contributed by atoms with van der Waals surface area (Å²) in [7, 11) is 0. The molecule has 5 nitrogen and oxygen atoms in total. The van der Waals surface area contributed by atoms with Crippen LogP contribution in [0.25, 0.3) is 0 Å². The van der Waals surface area contributed by atoms with Crippen LogP contribution in [-0.2, 0) is 17.8 Å². The van der Waals surface area contributed by atoms with Crippen molar-refractivity contribution in [1.29, 1.82) is 0 Å². The molecule has 0 radical (unpaired) electrons. The summed E-state index contributed by atoms with van der Waals surface area (Å²) in [5, 5.41) is 9.14. The summed E-state index contributed by atoms with van der Waals surface area (Å²) in [4.78, 5) is 13.6. The van der Waals surface area contributed by atoms with Crippen molar-refractivity contribution in [2.45, 2.75) is 32.7 Å². The summed E-state index contributed by atoms with van der Waals surface area (Å²) in [5.41, 5.74) is 4.25. The van der Waals surface area contributed by atoms with Crippen molar-refractivity contribution in [1.82, 2.24) is 10.3 Å². The molecule has 0 fully saturated rings. The van der Waals surface area contributed by atoms with Crippen molar-refractivity contribution in [3.05, 3.63) is 35.4 Å². The maximum atomic E-state index is 11.4. The summed E-state index contributed by atoms with van der Waals surface area (Å²) in [6.45, 7) is 4.65. The molecule has 0 aliphatic heterocycles. The number of rotatable bonds is 9. The van der Waals surface area contributed by atoms with Gasteiger partial charge in [0.25, 0.3) is 0 Å².